The molecule has 0 saturated carbocycles. The maximum atomic E-state index is 5.62. The van der Waals surface area contributed by atoms with Gasteiger partial charge in [0.05, 0.1) is 11.8 Å². The highest BCUT2D eigenvalue weighted by Gasteiger charge is 2.15. The molecule has 2 rings (SSSR count). The van der Waals surface area contributed by atoms with E-state index in [0.29, 0.717) is 11.1 Å². The van der Waals surface area contributed by atoms with Gasteiger partial charge in [-0.25, -0.2) is 0 Å². The average molecular weight is 224 g/mol. The Morgan fingerprint density at radius 1 is 1.67 bits per heavy atom. The number of hydrogen-bond acceptors (Lipinski definition) is 2. The number of aryl methyl sites for hydroxylation is 1. The van der Waals surface area contributed by atoms with Crippen LogP contribution in [-0.2, 0) is 11.3 Å². The Balaban J connectivity index is 1.92. The van der Waals surface area contributed by atoms with E-state index in [2.05, 4.69) is 4.57 Å². The van der Waals surface area contributed by atoms with Crippen molar-refractivity contribution in [3.63, 3.8) is 0 Å². The molecule has 15 heavy (non-hydrogen) atoms. The number of thiocarbonyl (C=S) groups is 1. The van der Waals surface area contributed by atoms with Gasteiger partial charge in [-0.2, -0.15) is 0 Å². The molecule has 1 aliphatic heterocycles. The fourth-order valence-corrected chi connectivity index (χ4v) is 2.17. The molecule has 1 aromatic heterocycles. The lowest BCUT2D eigenvalue weighted by atomic mass is 10.2. The maximum absolute atomic E-state index is 5.62. The van der Waals surface area contributed by atoms with Crippen molar-refractivity contribution in [2.45, 2.75) is 31.9 Å². The standard InChI is InChI=1S/C11H16N2OS/c12-11(15)10-4-1-6-13(10)7-5-9-3-2-8-14-9/h1,4,6,9H,2-3,5,7-8H2,(H2,12,15). The van der Waals surface area contributed by atoms with E-state index in [-0.39, 0.29) is 0 Å². The summed E-state index contributed by atoms with van der Waals surface area (Å²) in [6, 6.07) is 3.93. The second-order valence-corrected chi connectivity index (χ2v) is 4.31. The highest BCUT2D eigenvalue weighted by Crippen LogP contribution is 2.16. The van der Waals surface area contributed by atoms with Gasteiger partial charge in [-0.05, 0) is 31.4 Å². The Bertz CT molecular complexity index is 342. The fraction of sp³-hybridized carbons (Fsp3) is 0.545. The molecular weight excluding hydrogens is 208 g/mol. The molecular formula is C11H16N2OS. The van der Waals surface area contributed by atoms with Crippen LogP contribution in [0.4, 0.5) is 0 Å². The first-order chi connectivity index (χ1) is 7.27. The molecule has 1 aromatic rings. The van der Waals surface area contributed by atoms with Gasteiger partial charge in [0.15, 0.2) is 0 Å². The van der Waals surface area contributed by atoms with E-state index < -0.39 is 0 Å². The van der Waals surface area contributed by atoms with Crippen molar-refractivity contribution in [2.24, 2.45) is 5.73 Å². The van der Waals surface area contributed by atoms with Crippen LogP contribution in [0.1, 0.15) is 25.0 Å². The van der Waals surface area contributed by atoms with Gasteiger partial charge >= 0.3 is 0 Å². The minimum absolute atomic E-state index is 0.423. The first kappa shape index (κ1) is 10.6. The van der Waals surface area contributed by atoms with Gasteiger partial charge in [-0.1, -0.05) is 12.2 Å². The Kier molecular flexibility index (Phi) is 3.38. The normalized spacial score (nSPS) is 20.7. The van der Waals surface area contributed by atoms with E-state index >= 15 is 0 Å². The lowest BCUT2D eigenvalue weighted by Gasteiger charge is -2.12. The Labute approximate surface area is 95.2 Å². The summed E-state index contributed by atoms with van der Waals surface area (Å²) in [6.45, 7) is 1.85. The third kappa shape index (κ3) is 2.58. The van der Waals surface area contributed by atoms with Crippen molar-refractivity contribution in [1.82, 2.24) is 4.57 Å². The maximum Gasteiger partial charge on any atom is 0.120 e. The molecule has 2 heterocycles. The summed E-state index contributed by atoms with van der Waals surface area (Å²) >= 11 is 4.98. The van der Waals surface area contributed by atoms with E-state index in [0.717, 1.165) is 25.3 Å². The van der Waals surface area contributed by atoms with E-state index in [9.17, 15) is 0 Å². The van der Waals surface area contributed by atoms with E-state index in [1.54, 1.807) is 0 Å². The van der Waals surface area contributed by atoms with Crippen molar-refractivity contribution in [3.8, 4) is 0 Å². The predicted octanol–water partition coefficient (Wildman–Crippen LogP) is 1.69. The lowest BCUT2D eigenvalue weighted by Crippen LogP contribution is -2.17. The summed E-state index contributed by atoms with van der Waals surface area (Å²) in [4.78, 5) is 0.465. The van der Waals surface area contributed by atoms with Crippen LogP contribution < -0.4 is 5.73 Å². The zero-order chi connectivity index (χ0) is 10.7. The first-order valence-electron chi connectivity index (χ1n) is 5.34. The van der Waals surface area contributed by atoms with Crippen LogP contribution in [0.5, 0.6) is 0 Å². The highest BCUT2D eigenvalue weighted by atomic mass is 32.1. The number of ether oxygens (including phenoxy) is 1. The summed E-state index contributed by atoms with van der Waals surface area (Å²) in [5.74, 6) is 0. The fourth-order valence-electron chi connectivity index (χ4n) is 1.99. The molecule has 0 bridgehead atoms. The Hall–Kier alpha value is -0.870. The molecule has 0 radical (unpaired) electrons. The third-order valence-corrected chi connectivity index (χ3v) is 3.01. The SMILES string of the molecule is NC(=S)c1cccn1CCC1CCCO1. The topological polar surface area (TPSA) is 40.2 Å². The van der Waals surface area contributed by atoms with Gasteiger partial charge < -0.3 is 15.0 Å². The van der Waals surface area contributed by atoms with Crippen LogP contribution in [0.3, 0.4) is 0 Å². The molecule has 1 unspecified atom stereocenters. The molecule has 82 valence electrons. The van der Waals surface area contributed by atoms with Crippen LogP contribution in [0.2, 0.25) is 0 Å². The first-order valence-corrected chi connectivity index (χ1v) is 5.75. The third-order valence-electron chi connectivity index (χ3n) is 2.80. The van der Waals surface area contributed by atoms with Crippen molar-refractivity contribution in [3.05, 3.63) is 24.0 Å². The molecule has 0 spiro atoms. The van der Waals surface area contributed by atoms with Crippen LogP contribution in [0.25, 0.3) is 0 Å². The van der Waals surface area contributed by atoms with E-state index in [1.165, 1.54) is 12.8 Å². The minimum atomic E-state index is 0.423. The largest absolute Gasteiger partial charge is 0.388 e. The molecule has 1 aliphatic rings. The molecule has 1 atom stereocenters. The average Bonchev–Trinajstić information content (AvgIpc) is 2.86. The van der Waals surface area contributed by atoms with Crippen molar-refractivity contribution < 1.29 is 4.74 Å². The molecule has 1 saturated heterocycles. The van der Waals surface area contributed by atoms with Gasteiger partial charge in [0.2, 0.25) is 0 Å². The Morgan fingerprint density at radius 3 is 3.20 bits per heavy atom. The smallest absolute Gasteiger partial charge is 0.120 e. The second kappa shape index (κ2) is 4.77. The van der Waals surface area contributed by atoms with Gasteiger partial charge in [-0.15, -0.1) is 0 Å². The van der Waals surface area contributed by atoms with Crippen LogP contribution in [0.15, 0.2) is 18.3 Å². The lowest BCUT2D eigenvalue weighted by molar-refractivity contribution is 0.100. The van der Waals surface area contributed by atoms with Crippen molar-refractivity contribution in [1.29, 1.82) is 0 Å². The quantitative estimate of drug-likeness (QED) is 0.791. The summed E-state index contributed by atoms with van der Waals surface area (Å²) in [6.07, 6.45) is 5.86. The molecule has 2 N–H and O–H groups in total. The zero-order valence-corrected chi connectivity index (χ0v) is 9.50. The molecule has 0 aromatic carbocycles. The van der Waals surface area contributed by atoms with Gasteiger partial charge in [-0.3, -0.25) is 0 Å². The zero-order valence-electron chi connectivity index (χ0n) is 8.69. The van der Waals surface area contributed by atoms with Crippen molar-refractivity contribution >= 4 is 17.2 Å². The van der Waals surface area contributed by atoms with E-state index in [1.807, 2.05) is 18.3 Å². The molecule has 4 heteroatoms. The molecule has 0 amide bonds. The highest BCUT2D eigenvalue weighted by molar-refractivity contribution is 7.80. The van der Waals surface area contributed by atoms with E-state index in [4.69, 9.17) is 22.7 Å². The van der Waals surface area contributed by atoms with Crippen molar-refractivity contribution in [2.75, 3.05) is 6.61 Å². The molecule has 1 fully saturated rings. The summed E-state index contributed by atoms with van der Waals surface area (Å²) < 4.78 is 7.68. The van der Waals surface area contributed by atoms with Crippen LogP contribution in [0, 0.1) is 0 Å². The Morgan fingerprint density at radius 2 is 2.53 bits per heavy atom. The summed E-state index contributed by atoms with van der Waals surface area (Å²) in [5.41, 5.74) is 6.57. The van der Waals surface area contributed by atoms with Crippen LogP contribution in [-0.4, -0.2) is 22.3 Å². The van der Waals surface area contributed by atoms with Gasteiger partial charge in [0, 0.05) is 19.3 Å². The number of rotatable bonds is 4. The summed E-state index contributed by atoms with van der Waals surface area (Å²) in [5, 5.41) is 0. The number of hydrogen-bond donors (Lipinski definition) is 1. The minimum Gasteiger partial charge on any atom is -0.388 e. The van der Waals surface area contributed by atoms with Gasteiger partial charge in [0.1, 0.15) is 4.99 Å². The van der Waals surface area contributed by atoms with Gasteiger partial charge in [0.25, 0.3) is 0 Å². The number of nitrogens with two attached hydrogens (primary N) is 1. The second-order valence-electron chi connectivity index (χ2n) is 3.87. The summed E-state index contributed by atoms with van der Waals surface area (Å²) in [7, 11) is 0. The number of aromatic nitrogens is 1. The number of nitrogens with zero attached hydrogens (tertiary/aromatic N) is 1. The van der Waals surface area contributed by atoms with Crippen LogP contribution >= 0.6 is 12.2 Å². The molecule has 0 aliphatic carbocycles. The monoisotopic (exact) mass is 224 g/mol. The molecule has 3 nitrogen and oxygen atoms in total. The predicted molar refractivity (Wildman–Crippen MR) is 63.9 cm³/mol.